The molecule has 1 atom stereocenters. The lowest BCUT2D eigenvalue weighted by atomic mass is 10.1. The number of halogens is 4. The van der Waals surface area contributed by atoms with Gasteiger partial charge in [0.15, 0.2) is 0 Å². The molecule has 2 N–H and O–H groups in total. The second kappa shape index (κ2) is 4.62. The van der Waals surface area contributed by atoms with Crippen LogP contribution in [0.2, 0.25) is 0 Å². The van der Waals surface area contributed by atoms with Crippen LogP contribution in [0, 0.1) is 0 Å². The van der Waals surface area contributed by atoms with Crippen molar-refractivity contribution in [1.82, 2.24) is 0 Å². The Morgan fingerprint density at radius 1 is 1.55 bits per heavy atom. The summed E-state index contributed by atoms with van der Waals surface area (Å²) >= 11 is 0. The molecule has 0 aromatic carbocycles. The van der Waals surface area contributed by atoms with Crippen molar-refractivity contribution < 1.29 is 13.2 Å². The van der Waals surface area contributed by atoms with Gasteiger partial charge in [0.25, 0.3) is 0 Å². The first-order valence-corrected chi connectivity index (χ1v) is 2.80. The summed E-state index contributed by atoms with van der Waals surface area (Å²) in [5, 5.41) is 0. The van der Waals surface area contributed by atoms with Crippen LogP contribution < -0.4 is 5.73 Å². The summed E-state index contributed by atoms with van der Waals surface area (Å²) in [5.74, 6) is 0. The van der Waals surface area contributed by atoms with Crippen LogP contribution in [0.25, 0.3) is 0 Å². The molecular formula is C6H11ClF3N. The van der Waals surface area contributed by atoms with Crippen molar-refractivity contribution in [2.24, 2.45) is 5.73 Å². The molecule has 1 nitrogen and oxygen atoms in total. The van der Waals surface area contributed by atoms with E-state index in [0.717, 1.165) is 0 Å². The van der Waals surface area contributed by atoms with Crippen LogP contribution in [0.3, 0.4) is 0 Å². The van der Waals surface area contributed by atoms with Gasteiger partial charge in [-0.25, -0.2) is 0 Å². The van der Waals surface area contributed by atoms with E-state index in [1.54, 1.807) is 0 Å². The zero-order chi connectivity index (χ0) is 8.36. The Morgan fingerprint density at radius 3 is 2.00 bits per heavy atom. The van der Waals surface area contributed by atoms with Gasteiger partial charge in [0.2, 0.25) is 0 Å². The summed E-state index contributed by atoms with van der Waals surface area (Å²) in [4.78, 5) is 0. The maximum atomic E-state index is 11.6. The van der Waals surface area contributed by atoms with Crippen LogP contribution in [0.1, 0.15) is 13.3 Å². The summed E-state index contributed by atoms with van der Waals surface area (Å²) in [6, 6.07) is -1.76. The Morgan fingerprint density at radius 2 is 1.91 bits per heavy atom. The van der Waals surface area contributed by atoms with Crippen LogP contribution in [0.4, 0.5) is 13.2 Å². The van der Waals surface area contributed by atoms with Crippen LogP contribution in [-0.4, -0.2) is 12.2 Å². The molecule has 0 saturated carbocycles. The first kappa shape index (κ1) is 13.4. The summed E-state index contributed by atoms with van der Waals surface area (Å²) in [5.41, 5.74) is 5.21. The average Bonchev–Trinajstić information content (AvgIpc) is 1.60. The van der Waals surface area contributed by atoms with Crippen LogP contribution in [0.5, 0.6) is 0 Å². The Kier molecular flexibility index (Phi) is 5.61. The smallest absolute Gasteiger partial charge is 0.320 e. The number of alkyl halides is 3. The van der Waals surface area contributed by atoms with E-state index < -0.39 is 12.2 Å². The lowest BCUT2D eigenvalue weighted by Gasteiger charge is -2.14. The number of rotatable bonds is 2. The fraction of sp³-hybridized carbons (Fsp3) is 0.667. The Hall–Kier alpha value is -0.220. The first-order chi connectivity index (χ1) is 4.34. The lowest BCUT2D eigenvalue weighted by Crippen LogP contribution is -2.37. The highest BCUT2D eigenvalue weighted by atomic mass is 35.5. The molecule has 5 heteroatoms. The van der Waals surface area contributed by atoms with E-state index in [1.807, 2.05) is 0 Å². The molecule has 0 radical (unpaired) electrons. The number of nitrogens with two attached hydrogens (primary N) is 1. The Balaban J connectivity index is 0. The van der Waals surface area contributed by atoms with Gasteiger partial charge in [-0.3, -0.25) is 0 Å². The molecule has 0 amide bonds. The van der Waals surface area contributed by atoms with Gasteiger partial charge in [-0.15, -0.1) is 19.0 Å². The average molecular weight is 190 g/mol. The second-order valence-corrected chi connectivity index (χ2v) is 2.31. The largest absolute Gasteiger partial charge is 0.403 e. The van der Waals surface area contributed by atoms with Gasteiger partial charge in [0, 0.05) is 0 Å². The number of hydrogen-bond donors (Lipinski definition) is 1. The second-order valence-electron chi connectivity index (χ2n) is 2.31. The minimum Gasteiger partial charge on any atom is -0.320 e. The van der Waals surface area contributed by atoms with Crippen LogP contribution in [-0.2, 0) is 0 Å². The maximum absolute atomic E-state index is 11.6. The molecule has 0 spiro atoms. The molecule has 0 bridgehead atoms. The van der Waals surface area contributed by atoms with E-state index >= 15 is 0 Å². The van der Waals surface area contributed by atoms with Crippen molar-refractivity contribution in [3.63, 3.8) is 0 Å². The van der Waals surface area contributed by atoms with E-state index in [4.69, 9.17) is 5.73 Å². The van der Waals surface area contributed by atoms with Gasteiger partial charge in [-0.05, 0) is 13.3 Å². The molecule has 0 aliphatic rings. The van der Waals surface area contributed by atoms with Crippen molar-refractivity contribution in [2.45, 2.75) is 25.6 Å². The van der Waals surface area contributed by atoms with Gasteiger partial charge in [0.05, 0.1) is 0 Å². The molecule has 0 aromatic rings. The van der Waals surface area contributed by atoms with E-state index in [9.17, 15) is 13.2 Å². The summed E-state index contributed by atoms with van der Waals surface area (Å²) in [6.45, 7) is 4.85. The highest BCUT2D eigenvalue weighted by Gasteiger charge is 2.36. The zero-order valence-corrected chi connectivity index (χ0v) is 6.93. The van der Waals surface area contributed by atoms with E-state index in [-0.39, 0.29) is 18.8 Å². The normalized spacial score (nSPS) is 13.5. The summed E-state index contributed by atoms with van der Waals surface area (Å²) in [6.07, 6.45) is -4.48. The fourth-order valence-electron chi connectivity index (χ4n) is 0.491. The lowest BCUT2D eigenvalue weighted by molar-refractivity contribution is -0.147. The molecule has 68 valence electrons. The molecule has 0 saturated heterocycles. The Bertz CT molecular complexity index is 132. The standard InChI is InChI=1S/C6H10F3N.ClH/c1-4(2)3-5(10)6(7,8)9;/h5H,1,3,10H2,2H3;1H/t5-;/m0./s1. The summed E-state index contributed by atoms with van der Waals surface area (Å²) in [7, 11) is 0. The van der Waals surface area contributed by atoms with Crippen LogP contribution in [0.15, 0.2) is 12.2 Å². The van der Waals surface area contributed by atoms with Crippen molar-refractivity contribution in [2.75, 3.05) is 0 Å². The SMILES string of the molecule is C=C(C)C[C@H](N)C(F)(F)F.Cl. The first-order valence-electron chi connectivity index (χ1n) is 2.80. The van der Waals surface area contributed by atoms with E-state index in [2.05, 4.69) is 6.58 Å². The van der Waals surface area contributed by atoms with Crippen molar-refractivity contribution in [3.05, 3.63) is 12.2 Å². The molecule has 0 aliphatic carbocycles. The highest BCUT2D eigenvalue weighted by molar-refractivity contribution is 5.85. The molecular weight excluding hydrogens is 179 g/mol. The predicted octanol–water partition coefficient (Wildman–Crippen LogP) is 2.26. The molecule has 0 unspecified atom stereocenters. The molecule has 0 rings (SSSR count). The van der Waals surface area contributed by atoms with E-state index in [0.29, 0.717) is 5.57 Å². The zero-order valence-electron chi connectivity index (χ0n) is 6.11. The van der Waals surface area contributed by atoms with Crippen LogP contribution >= 0.6 is 12.4 Å². The van der Waals surface area contributed by atoms with Gasteiger partial charge >= 0.3 is 6.18 Å². The third-order valence-corrected chi connectivity index (χ3v) is 0.989. The molecule has 11 heavy (non-hydrogen) atoms. The monoisotopic (exact) mass is 189 g/mol. The van der Waals surface area contributed by atoms with E-state index in [1.165, 1.54) is 6.92 Å². The maximum Gasteiger partial charge on any atom is 0.403 e. The predicted molar refractivity (Wildman–Crippen MR) is 40.7 cm³/mol. The van der Waals surface area contributed by atoms with Crippen molar-refractivity contribution >= 4 is 12.4 Å². The topological polar surface area (TPSA) is 26.0 Å². The highest BCUT2D eigenvalue weighted by Crippen LogP contribution is 2.22. The molecule has 0 aliphatic heterocycles. The quantitative estimate of drug-likeness (QED) is 0.663. The third-order valence-electron chi connectivity index (χ3n) is 0.989. The van der Waals surface area contributed by atoms with Gasteiger partial charge < -0.3 is 5.73 Å². The minimum absolute atomic E-state index is 0. The van der Waals surface area contributed by atoms with Gasteiger partial charge in [-0.1, -0.05) is 5.57 Å². The fourth-order valence-corrected chi connectivity index (χ4v) is 0.491. The summed E-state index contributed by atoms with van der Waals surface area (Å²) < 4.78 is 34.9. The van der Waals surface area contributed by atoms with Gasteiger partial charge in [0.1, 0.15) is 6.04 Å². The minimum atomic E-state index is -4.29. The van der Waals surface area contributed by atoms with Gasteiger partial charge in [-0.2, -0.15) is 13.2 Å². The van der Waals surface area contributed by atoms with Crippen molar-refractivity contribution in [3.8, 4) is 0 Å². The number of hydrogen-bond acceptors (Lipinski definition) is 1. The van der Waals surface area contributed by atoms with Crippen molar-refractivity contribution in [1.29, 1.82) is 0 Å². The Labute approximate surface area is 69.9 Å². The molecule has 0 aromatic heterocycles. The molecule has 0 fully saturated rings. The molecule has 0 heterocycles. The third kappa shape index (κ3) is 6.19.